The molecule has 54 valence electrons. The lowest BCUT2D eigenvalue weighted by Gasteiger charge is -1.91. The maximum atomic E-state index is 5.33. The Morgan fingerprint density at radius 3 is 3.00 bits per heavy atom. The Bertz CT molecular complexity index is 240. The lowest BCUT2D eigenvalue weighted by Crippen LogP contribution is -2.00. The van der Waals surface area contributed by atoms with Crippen molar-refractivity contribution in [3.05, 3.63) is 24.1 Å². The van der Waals surface area contributed by atoms with Gasteiger partial charge in [0, 0.05) is 12.6 Å². The van der Waals surface area contributed by atoms with Gasteiger partial charge in [0.15, 0.2) is 0 Å². The highest BCUT2D eigenvalue weighted by Crippen LogP contribution is 2.09. The average molecular weight is 138 g/mol. The zero-order valence-electron chi connectivity index (χ0n) is 5.92. The first-order valence-corrected chi connectivity index (χ1v) is 3.05. The van der Waals surface area contributed by atoms with Gasteiger partial charge in [0.2, 0.25) is 0 Å². The number of nitrogens with two attached hydrogens (primary N) is 1. The Labute approximate surface area is 59.5 Å². The fraction of sp³-hybridized carbons (Fsp3) is 0.286. The van der Waals surface area contributed by atoms with Gasteiger partial charge in [0.25, 0.3) is 0 Å². The zero-order chi connectivity index (χ0) is 7.56. The van der Waals surface area contributed by atoms with Crippen LogP contribution in [-0.2, 0) is 0 Å². The molecule has 1 heterocycles. The lowest BCUT2D eigenvalue weighted by molar-refractivity contribution is 0.395. The van der Waals surface area contributed by atoms with Gasteiger partial charge in [0.1, 0.15) is 11.5 Å². The van der Waals surface area contributed by atoms with E-state index in [1.54, 1.807) is 0 Å². The molecule has 0 aliphatic rings. The van der Waals surface area contributed by atoms with Crippen LogP contribution in [0.5, 0.6) is 0 Å². The Morgan fingerprint density at radius 1 is 1.90 bits per heavy atom. The van der Waals surface area contributed by atoms with E-state index >= 15 is 0 Å². The molecule has 0 aromatic carbocycles. The van der Waals surface area contributed by atoms with Crippen molar-refractivity contribution in [1.29, 1.82) is 0 Å². The van der Waals surface area contributed by atoms with Crippen LogP contribution in [0.4, 0.5) is 0 Å². The molecule has 0 spiro atoms. The normalized spacial score (nSPS) is 9.80. The third-order valence-electron chi connectivity index (χ3n) is 1.24. The van der Waals surface area contributed by atoms with Gasteiger partial charge in [-0.3, -0.25) is 0 Å². The fourth-order valence-corrected chi connectivity index (χ4v) is 0.638. The molecule has 0 amide bonds. The van der Waals surface area contributed by atoms with E-state index in [0.717, 1.165) is 17.0 Å². The van der Waals surface area contributed by atoms with E-state index in [1.807, 2.05) is 13.0 Å². The van der Waals surface area contributed by atoms with E-state index in [2.05, 4.69) is 11.7 Å². The summed E-state index contributed by atoms with van der Waals surface area (Å²) in [5, 5.41) is 3.73. The van der Waals surface area contributed by atoms with E-state index in [1.165, 1.54) is 0 Å². The van der Waals surface area contributed by atoms with Crippen molar-refractivity contribution < 1.29 is 4.52 Å². The molecule has 0 atom stereocenters. The topological polar surface area (TPSA) is 52.0 Å². The number of aryl methyl sites for hydroxylation is 1. The third-order valence-corrected chi connectivity index (χ3v) is 1.24. The highest BCUT2D eigenvalue weighted by molar-refractivity contribution is 5.60. The second kappa shape index (κ2) is 2.66. The van der Waals surface area contributed by atoms with E-state index in [0.29, 0.717) is 6.54 Å². The smallest absolute Gasteiger partial charge is 0.134 e. The predicted octanol–water partition coefficient (Wildman–Crippen LogP) is 0.955. The summed E-state index contributed by atoms with van der Waals surface area (Å²) in [6.45, 7) is 5.97. The molecule has 1 aromatic heterocycles. The number of rotatable bonds is 2. The molecule has 3 heteroatoms. The quantitative estimate of drug-likeness (QED) is 0.662. The first-order chi connectivity index (χ1) is 4.74. The summed E-state index contributed by atoms with van der Waals surface area (Å²) in [6.07, 6.45) is 0. The summed E-state index contributed by atoms with van der Waals surface area (Å²) in [6, 6.07) is 1.81. The summed E-state index contributed by atoms with van der Waals surface area (Å²) in [5.74, 6) is 0.782. The molecule has 0 saturated heterocycles. The van der Waals surface area contributed by atoms with Crippen molar-refractivity contribution >= 4 is 5.57 Å². The average Bonchev–Trinajstić information content (AvgIpc) is 2.34. The Morgan fingerprint density at radius 2 is 2.60 bits per heavy atom. The first kappa shape index (κ1) is 7.02. The van der Waals surface area contributed by atoms with Crippen molar-refractivity contribution in [3.8, 4) is 0 Å². The molecule has 2 N–H and O–H groups in total. The second-order valence-corrected chi connectivity index (χ2v) is 2.13. The second-order valence-electron chi connectivity index (χ2n) is 2.13. The summed E-state index contributed by atoms with van der Waals surface area (Å²) < 4.78 is 4.82. The molecule has 0 saturated carbocycles. The van der Waals surface area contributed by atoms with Crippen LogP contribution in [0.1, 0.15) is 11.5 Å². The van der Waals surface area contributed by atoms with Crippen LogP contribution < -0.4 is 5.73 Å². The number of hydrogen-bond acceptors (Lipinski definition) is 3. The SMILES string of the molecule is C=C(CN)c1cc(C)on1. The molecular weight excluding hydrogens is 128 g/mol. The van der Waals surface area contributed by atoms with Crippen molar-refractivity contribution in [2.45, 2.75) is 6.92 Å². The lowest BCUT2D eigenvalue weighted by atomic mass is 10.2. The van der Waals surface area contributed by atoms with Gasteiger partial charge in [-0.2, -0.15) is 0 Å². The van der Waals surface area contributed by atoms with E-state index < -0.39 is 0 Å². The molecule has 1 aromatic rings. The van der Waals surface area contributed by atoms with Crippen LogP contribution in [-0.4, -0.2) is 11.7 Å². The summed E-state index contributed by atoms with van der Waals surface area (Å²) >= 11 is 0. The van der Waals surface area contributed by atoms with Gasteiger partial charge >= 0.3 is 0 Å². The van der Waals surface area contributed by atoms with Gasteiger partial charge < -0.3 is 10.3 Å². The van der Waals surface area contributed by atoms with Gasteiger partial charge in [-0.1, -0.05) is 11.7 Å². The minimum absolute atomic E-state index is 0.423. The highest BCUT2D eigenvalue weighted by atomic mass is 16.5. The molecule has 3 nitrogen and oxygen atoms in total. The van der Waals surface area contributed by atoms with Gasteiger partial charge in [-0.15, -0.1) is 0 Å². The monoisotopic (exact) mass is 138 g/mol. The third kappa shape index (κ3) is 1.25. The number of aromatic nitrogens is 1. The molecule has 1 rings (SSSR count). The first-order valence-electron chi connectivity index (χ1n) is 3.05. The van der Waals surface area contributed by atoms with Crippen LogP contribution in [0.3, 0.4) is 0 Å². The largest absolute Gasteiger partial charge is 0.361 e. The zero-order valence-corrected chi connectivity index (χ0v) is 5.92. The summed E-state index contributed by atoms with van der Waals surface area (Å²) in [7, 11) is 0. The molecule has 0 aliphatic carbocycles. The Balaban J connectivity index is 2.85. The molecular formula is C7H10N2O. The molecule has 0 fully saturated rings. The Kier molecular flexibility index (Phi) is 1.87. The number of nitrogens with zero attached hydrogens (tertiary/aromatic N) is 1. The van der Waals surface area contributed by atoms with Crippen molar-refractivity contribution in [2.75, 3.05) is 6.54 Å². The van der Waals surface area contributed by atoms with Crippen LogP contribution in [0, 0.1) is 6.92 Å². The molecule has 10 heavy (non-hydrogen) atoms. The molecule has 0 bridgehead atoms. The van der Waals surface area contributed by atoms with Crippen molar-refractivity contribution in [3.63, 3.8) is 0 Å². The van der Waals surface area contributed by atoms with E-state index in [-0.39, 0.29) is 0 Å². The summed E-state index contributed by atoms with van der Waals surface area (Å²) in [4.78, 5) is 0. The minimum atomic E-state index is 0.423. The standard InChI is InChI=1S/C7H10N2O/c1-5(4-8)7-3-6(2)10-9-7/h3H,1,4,8H2,2H3. The fourth-order valence-electron chi connectivity index (χ4n) is 0.638. The van der Waals surface area contributed by atoms with E-state index in [4.69, 9.17) is 10.3 Å². The highest BCUT2D eigenvalue weighted by Gasteiger charge is 2.01. The van der Waals surface area contributed by atoms with Gasteiger partial charge in [-0.05, 0) is 12.5 Å². The van der Waals surface area contributed by atoms with Crippen LogP contribution >= 0.6 is 0 Å². The molecule has 0 radical (unpaired) electrons. The van der Waals surface area contributed by atoms with Gasteiger partial charge in [-0.25, -0.2) is 0 Å². The van der Waals surface area contributed by atoms with E-state index in [9.17, 15) is 0 Å². The van der Waals surface area contributed by atoms with Crippen molar-refractivity contribution in [1.82, 2.24) is 5.16 Å². The maximum absolute atomic E-state index is 5.33. The predicted molar refractivity (Wildman–Crippen MR) is 39.3 cm³/mol. The van der Waals surface area contributed by atoms with Crippen LogP contribution in [0.25, 0.3) is 5.57 Å². The minimum Gasteiger partial charge on any atom is -0.361 e. The maximum Gasteiger partial charge on any atom is 0.134 e. The number of hydrogen-bond donors (Lipinski definition) is 1. The molecule has 0 aliphatic heterocycles. The molecule has 0 unspecified atom stereocenters. The van der Waals surface area contributed by atoms with Gasteiger partial charge in [0.05, 0.1) is 0 Å². The van der Waals surface area contributed by atoms with Crippen LogP contribution in [0.2, 0.25) is 0 Å². The summed E-state index contributed by atoms with van der Waals surface area (Å²) in [5.41, 5.74) is 6.88. The van der Waals surface area contributed by atoms with Crippen molar-refractivity contribution in [2.24, 2.45) is 5.73 Å². The Hall–Kier alpha value is -1.09. The van der Waals surface area contributed by atoms with Crippen LogP contribution in [0.15, 0.2) is 17.2 Å².